The molecule has 120 valence electrons. The molecule has 0 aliphatic heterocycles. The number of halogens is 1. The van der Waals surface area contributed by atoms with Gasteiger partial charge in [0.15, 0.2) is 0 Å². The molecule has 3 rings (SSSR count). The first kappa shape index (κ1) is 16.4. The molecule has 0 amide bonds. The zero-order valence-electron chi connectivity index (χ0n) is 13.2. The molecule has 3 heteroatoms. The van der Waals surface area contributed by atoms with E-state index in [1.807, 2.05) is 66.7 Å². The molecular weight excluding hydrogens is 318 g/mol. The summed E-state index contributed by atoms with van der Waals surface area (Å²) in [5, 5.41) is 11.8. The standard InChI is InChI=1S/C21H18ClNO/c1-2-4-21(24)17-6-3-5-15(13-17)7-11-19-12-9-16-8-10-18(22)14-20(16)23-19/h2-3,5-14,21,24H,1,4H2/b11-7+. The maximum absolute atomic E-state index is 10.1. The largest absolute Gasteiger partial charge is 0.388 e. The van der Waals surface area contributed by atoms with Crippen molar-refractivity contribution in [1.82, 2.24) is 4.98 Å². The summed E-state index contributed by atoms with van der Waals surface area (Å²) in [6, 6.07) is 17.5. The van der Waals surface area contributed by atoms with Gasteiger partial charge in [-0.25, -0.2) is 4.98 Å². The van der Waals surface area contributed by atoms with Crippen molar-refractivity contribution in [2.75, 3.05) is 0 Å². The molecule has 0 bridgehead atoms. The van der Waals surface area contributed by atoms with Crippen LogP contribution in [0.5, 0.6) is 0 Å². The van der Waals surface area contributed by atoms with Crippen molar-refractivity contribution in [2.45, 2.75) is 12.5 Å². The average Bonchev–Trinajstić information content (AvgIpc) is 2.60. The second-order valence-electron chi connectivity index (χ2n) is 5.62. The van der Waals surface area contributed by atoms with E-state index in [0.29, 0.717) is 11.4 Å². The lowest BCUT2D eigenvalue weighted by atomic mass is 10.0. The normalized spacial score (nSPS) is 12.6. The summed E-state index contributed by atoms with van der Waals surface area (Å²) >= 11 is 6.03. The second kappa shape index (κ2) is 7.43. The van der Waals surface area contributed by atoms with Crippen molar-refractivity contribution in [3.63, 3.8) is 0 Å². The average molecular weight is 336 g/mol. The highest BCUT2D eigenvalue weighted by Gasteiger charge is 2.05. The number of pyridine rings is 1. The van der Waals surface area contributed by atoms with E-state index in [1.54, 1.807) is 6.08 Å². The van der Waals surface area contributed by atoms with Crippen LogP contribution >= 0.6 is 11.6 Å². The molecular formula is C21H18ClNO. The van der Waals surface area contributed by atoms with Gasteiger partial charge in [0.1, 0.15) is 0 Å². The lowest BCUT2D eigenvalue weighted by molar-refractivity contribution is 0.181. The summed E-state index contributed by atoms with van der Waals surface area (Å²) in [6.45, 7) is 3.66. The molecule has 0 aliphatic carbocycles. The van der Waals surface area contributed by atoms with E-state index in [2.05, 4.69) is 11.6 Å². The molecule has 1 atom stereocenters. The first-order chi connectivity index (χ1) is 11.7. The molecule has 2 aromatic carbocycles. The third kappa shape index (κ3) is 3.91. The topological polar surface area (TPSA) is 33.1 Å². The van der Waals surface area contributed by atoms with E-state index in [0.717, 1.165) is 27.7 Å². The number of aromatic nitrogens is 1. The van der Waals surface area contributed by atoms with E-state index in [4.69, 9.17) is 11.6 Å². The maximum Gasteiger partial charge on any atom is 0.0824 e. The number of aliphatic hydroxyl groups excluding tert-OH is 1. The Morgan fingerprint density at radius 2 is 1.92 bits per heavy atom. The van der Waals surface area contributed by atoms with Crippen LogP contribution in [0.15, 0.2) is 67.3 Å². The molecule has 0 spiro atoms. The SMILES string of the molecule is C=CCC(O)c1cccc(/C=C/c2ccc3ccc(Cl)cc3n2)c1. The molecule has 2 nitrogen and oxygen atoms in total. The van der Waals surface area contributed by atoms with Crippen molar-refractivity contribution in [3.05, 3.63) is 89.1 Å². The molecule has 0 saturated carbocycles. The summed E-state index contributed by atoms with van der Waals surface area (Å²) in [6.07, 6.45) is 5.69. The molecule has 1 heterocycles. The van der Waals surface area contributed by atoms with Gasteiger partial charge in [-0.2, -0.15) is 0 Å². The Morgan fingerprint density at radius 3 is 2.75 bits per heavy atom. The van der Waals surface area contributed by atoms with Gasteiger partial charge in [-0.3, -0.25) is 0 Å². The van der Waals surface area contributed by atoms with Gasteiger partial charge in [0.2, 0.25) is 0 Å². The first-order valence-electron chi connectivity index (χ1n) is 7.79. The molecule has 1 N–H and O–H groups in total. The van der Waals surface area contributed by atoms with E-state index in [9.17, 15) is 5.11 Å². The van der Waals surface area contributed by atoms with Crippen molar-refractivity contribution in [1.29, 1.82) is 0 Å². The molecule has 0 aliphatic rings. The third-order valence-electron chi connectivity index (χ3n) is 3.81. The van der Waals surface area contributed by atoms with E-state index >= 15 is 0 Å². The molecule has 3 aromatic rings. The Kier molecular flexibility index (Phi) is 5.09. The highest BCUT2D eigenvalue weighted by atomic mass is 35.5. The van der Waals surface area contributed by atoms with Crippen LogP contribution in [0, 0.1) is 0 Å². The van der Waals surface area contributed by atoms with Crippen LogP contribution in [0.25, 0.3) is 23.1 Å². The zero-order valence-corrected chi connectivity index (χ0v) is 13.9. The Bertz CT molecular complexity index is 901. The van der Waals surface area contributed by atoms with Crippen molar-refractivity contribution >= 4 is 34.7 Å². The number of hydrogen-bond donors (Lipinski definition) is 1. The predicted octanol–water partition coefficient (Wildman–Crippen LogP) is 5.67. The van der Waals surface area contributed by atoms with Crippen LogP contribution < -0.4 is 0 Å². The van der Waals surface area contributed by atoms with Gasteiger partial charge < -0.3 is 5.11 Å². The zero-order chi connectivity index (χ0) is 16.9. The number of rotatable bonds is 5. The van der Waals surface area contributed by atoms with E-state index < -0.39 is 6.10 Å². The van der Waals surface area contributed by atoms with Crippen LogP contribution in [0.3, 0.4) is 0 Å². The number of fused-ring (bicyclic) bond motifs is 1. The summed E-state index contributed by atoms with van der Waals surface area (Å²) in [5.41, 5.74) is 3.64. The Morgan fingerprint density at radius 1 is 1.08 bits per heavy atom. The fraction of sp³-hybridized carbons (Fsp3) is 0.0952. The van der Waals surface area contributed by atoms with Crippen LogP contribution in [-0.4, -0.2) is 10.1 Å². The molecule has 0 saturated heterocycles. The maximum atomic E-state index is 10.1. The van der Waals surface area contributed by atoms with Crippen LogP contribution in [-0.2, 0) is 0 Å². The number of benzene rings is 2. The minimum atomic E-state index is -0.517. The van der Waals surface area contributed by atoms with Gasteiger partial charge in [-0.05, 0) is 47.9 Å². The second-order valence-corrected chi connectivity index (χ2v) is 6.05. The van der Waals surface area contributed by atoms with Gasteiger partial charge >= 0.3 is 0 Å². The molecule has 1 unspecified atom stereocenters. The number of hydrogen-bond acceptors (Lipinski definition) is 2. The smallest absolute Gasteiger partial charge is 0.0824 e. The van der Waals surface area contributed by atoms with Crippen LogP contribution in [0.1, 0.15) is 29.3 Å². The molecule has 0 fully saturated rings. The Balaban J connectivity index is 1.85. The Hall–Kier alpha value is -2.42. The highest BCUT2D eigenvalue weighted by Crippen LogP contribution is 2.21. The highest BCUT2D eigenvalue weighted by molar-refractivity contribution is 6.31. The van der Waals surface area contributed by atoms with E-state index in [1.165, 1.54) is 0 Å². The monoisotopic (exact) mass is 335 g/mol. The first-order valence-corrected chi connectivity index (χ1v) is 8.17. The summed E-state index contributed by atoms with van der Waals surface area (Å²) in [4.78, 5) is 4.60. The van der Waals surface area contributed by atoms with Crippen LogP contribution in [0.2, 0.25) is 5.02 Å². The molecule has 24 heavy (non-hydrogen) atoms. The number of nitrogens with zero attached hydrogens (tertiary/aromatic N) is 1. The third-order valence-corrected chi connectivity index (χ3v) is 4.04. The van der Waals surface area contributed by atoms with Gasteiger partial charge in [0.25, 0.3) is 0 Å². The predicted molar refractivity (Wildman–Crippen MR) is 102 cm³/mol. The van der Waals surface area contributed by atoms with Crippen molar-refractivity contribution in [2.24, 2.45) is 0 Å². The van der Waals surface area contributed by atoms with Gasteiger partial charge in [0.05, 0.1) is 17.3 Å². The summed E-state index contributed by atoms with van der Waals surface area (Å²) in [5.74, 6) is 0. The van der Waals surface area contributed by atoms with Gasteiger partial charge in [-0.15, -0.1) is 6.58 Å². The lowest BCUT2D eigenvalue weighted by Gasteiger charge is -2.08. The quantitative estimate of drug-likeness (QED) is 0.609. The molecule has 1 aromatic heterocycles. The fourth-order valence-corrected chi connectivity index (χ4v) is 2.71. The van der Waals surface area contributed by atoms with Crippen LogP contribution in [0.4, 0.5) is 0 Å². The Labute approximate surface area is 146 Å². The summed E-state index contributed by atoms with van der Waals surface area (Å²) in [7, 11) is 0. The van der Waals surface area contributed by atoms with E-state index in [-0.39, 0.29) is 0 Å². The minimum Gasteiger partial charge on any atom is -0.388 e. The molecule has 0 radical (unpaired) electrons. The van der Waals surface area contributed by atoms with Gasteiger partial charge in [0, 0.05) is 10.4 Å². The van der Waals surface area contributed by atoms with Gasteiger partial charge in [-0.1, -0.05) is 54.1 Å². The summed E-state index contributed by atoms with van der Waals surface area (Å²) < 4.78 is 0. The van der Waals surface area contributed by atoms with Crippen molar-refractivity contribution in [3.8, 4) is 0 Å². The minimum absolute atomic E-state index is 0.517. The lowest BCUT2D eigenvalue weighted by Crippen LogP contribution is -1.95. The number of aliphatic hydroxyl groups is 1. The fourth-order valence-electron chi connectivity index (χ4n) is 2.54. The van der Waals surface area contributed by atoms with Crippen molar-refractivity contribution < 1.29 is 5.11 Å².